The van der Waals surface area contributed by atoms with E-state index in [2.05, 4.69) is 23.1 Å². The smallest absolute Gasteiger partial charge is 0.227 e. The Labute approximate surface area is 173 Å². The molecule has 0 saturated heterocycles. The number of carbonyl (C=O) groups is 1. The summed E-state index contributed by atoms with van der Waals surface area (Å²) in [5.41, 5.74) is 1.83. The molecule has 144 valence electrons. The highest BCUT2D eigenvalue weighted by Gasteiger charge is 2.24. The van der Waals surface area contributed by atoms with Crippen LogP contribution in [0.1, 0.15) is 25.7 Å². The first-order valence-corrected chi connectivity index (χ1v) is 10.5. The van der Waals surface area contributed by atoms with Crippen molar-refractivity contribution in [2.24, 2.45) is 0 Å². The summed E-state index contributed by atoms with van der Waals surface area (Å²) in [5, 5.41) is 5.15. The maximum Gasteiger partial charge on any atom is 0.227 e. The highest BCUT2D eigenvalue weighted by molar-refractivity contribution is 8.00. The molecule has 1 unspecified atom stereocenters. The lowest BCUT2D eigenvalue weighted by molar-refractivity contribution is -0.118. The van der Waals surface area contributed by atoms with Crippen LogP contribution in [0, 0.1) is 0 Å². The number of thioether (sulfide) groups is 1. The topological polar surface area (TPSA) is 59.2 Å². The molecule has 0 radical (unpaired) electrons. The summed E-state index contributed by atoms with van der Waals surface area (Å²) in [5.74, 6) is 1.04. The van der Waals surface area contributed by atoms with Gasteiger partial charge in [-0.1, -0.05) is 35.8 Å². The molecule has 0 bridgehead atoms. The van der Waals surface area contributed by atoms with Gasteiger partial charge < -0.3 is 9.42 Å². The van der Waals surface area contributed by atoms with Crippen molar-refractivity contribution in [2.75, 3.05) is 11.4 Å². The maximum absolute atomic E-state index is 12.9. The van der Waals surface area contributed by atoms with E-state index in [1.54, 1.807) is 12.1 Å². The number of aromatic nitrogens is 2. The Morgan fingerprint density at radius 1 is 1.25 bits per heavy atom. The van der Waals surface area contributed by atoms with Crippen LogP contribution in [-0.4, -0.2) is 27.8 Å². The minimum Gasteiger partial charge on any atom is -0.339 e. The largest absolute Gasteiger partial charge is 0.339 e. The molecular weight excluding hydrogens is 394 g/mol. The van der Waals surface area contributed by atoms with Gasteiger partial charge in [-0.15, -0.1) is 11.8 Å². The van der Waals surface area contributed by atoms with E-state index in [0.29, 0.717) is 34.8 Å². The molecule has 1 aromatic heterocycles. The van der Waals surface area contributed by atoms with Crippen molar-refractivity contribution in [1.29, 1.82) is 0 Å². The second kappa shape index (κ2) is 8.37. The van der Waals surface area contributed by atoms with E-state index in [1.165, 1.54) is 0 Å². The number of hydrogen-bond donors (Lipinski definition) is 0. The number of aryl methyl sites for hydroxylation is 1. The lowest BCUT2D eigenvalue weighted by atomic mass is 10.2. The molecule has 7 heteroatoms. The summed E-state index contributed by atoms with van der Waals surface area (Å²) in [4.78, 5) is 20.4. The van der Waals surface area contributed by atoms with E-state index in [1.807, 2.05) is 47.0 Å². The molecular formula is C21H20ClN3O2S. The molecule has 28 heavy (non-hydrogen) atoms. The van der Waals surface area contributed by atoms with Crippen LogP contribution < -0.4 is 4.90 Å². The lowest BCUT2D eigenvalue weighted by Crippen LogP contribution is -2.32. The van der Waals surface area contributed by atoms with E-state index in [4.69, 9.17) is 16.1 Å². The zero-order chi connectivity index (χ0) is 19.5. The van der Waals surface area contributed by atoms with Gasteiger partial charge in [-0.2, -0.15) is 4.98 Å². The number of benzene rings is 2. The molecule has 0 N–H and O–H groups in total. The monoisotopic (exact) mass is 413 g/mol. The van der Waals surface area contributed by atoms with Gasteiger partial charge in [0, 0.05) is 40.1 Å². The zero-order valence-corrected chi connectivity index (χ0v) is 17.0. The van der Waals surface area contributed by atoms with Crippen molar-refractivity contribution >= 4 is 35.0 Å². The molecule has 1 aliphatic heterocycles. The predicted octanol–water partition coefficient (Wildman–Crippen LogP) is 5.24. The normalized spacial score (nSPS) is 16.5. The van der Waals surface area contributed by atoms with Crippen LogP contribution in [0.5, 0.6) is 0 Å². The summed E-state index contributed by atoms with van der Waals surface area (Å²) in [6.07, 6.45) is 1.71. The van der Waals surface area contributed by atoms with Crippen molar-refractivity contribution in [3.05, 3.63) is 59.4 Å². The Morgan fingerprint density at radius 3 is 2.86 bits per heavy atom. The number of anilines is 1. The first kappa shape index (κ1) is 19.0. The van der Waals surface area contributed by atoms with Crippen LogP contribution >= 0.6 is 23.4 Å². The first-order chi connectivity index (χ1) is 13.6. The molecule has 2 aromatic carbocycles. The summed E-state index contributed by atoms with van der Waals surface area (Å²) < 4.78 is 5.33. The average molecular weight is 414 g/mol. The Morgan fingerprint density at radius 2 is 2.04 bits per heavy atom. The maximum atomic E-state index is 12.9. The van der Waals surface area contributed by atoms with Crippen molar-refractivity contribution < 1.29 is 9.32 Å². The Bertz CT molecular complexity index is 974. The zero-order valence-electron chi connectivity index (χ0n) is 15.5. The van der Waals surface area contributed by atoms with Gasteiger partial charge in [0.25, 0.3) is 0 Å². The molecule has 2 heterocycles. The quantitative estimate of drug-likeness (QED) is 0.585. The fourth-order valence-electron chi connectivity index (χ4n) is 3.17. The molecule has 1 amide bonds. The van der Waals surface area contributed by atoms with Crippen molar-refractivity contribution in [3.63, 3.8) is 0 Å². The van der Waals surface area contributed by atoms with E-state index in [-0.39, 0.29) is 5.91 Å². The van der Waals surface area contributed by atoms with Gasteiger partial charge in [-0.05, 0) is 42.8 Å². The van der Waals surface area contributed by atoms with Crippen LogP contribution in [0.4, 0.5) is 5.69 Å². The summed E-state index contributed by atoms with van der Waals surface area (Å²) >= 11 is 7.74. The van der Waals surface area contributed by atoms with Gasteiger partial charge in [0.2, 0.25) is 17.6 Å². The number of amides is 1. The number of hydrogen-bond acceptors (Lipinski definition) is 5. The molecule has 3 aromatic rings. The average Bonchev–Trinajstić information content (AvgIpc) is 3.10. The first-order valence-electron chi connectivity index (χ1n) is 9.25. The number of carbonyl (C=O) groups excluding carboxylic acids is 1. The van der Waals surface area contributed by atoms with Gasteiger partial charge in [-0.25, -0.2) is 0 Å². The minimum atomic E-state index is 0.0772. The standard InChI is InChI=1S/C21H20ClN3O2S/c1-14-12-13-25(17-4-2-3-5-18(17)28-14)20(26)11-10-19-23-21(24-27-19)15-6-8-16(22)9-7-15/h2-9,14H,10-13H2,1H3. The molecule has 4 rings (SSSR count). The molecule has 5 nitrogen and oxygen atoms in total. The number of nitrogens with zero attached hydrogens (tertiary/aromatic N) is 3. The number of rotatable bonds is 4. The van der Waals surface area contributed by atoms with E-state index < -0.39 is 0 Å². The number of para-hydroxylation sites is 1. The van der Waals surface area contributed by atoms with Gasteiger partial charge >= 0.3 is 0 Å². The third-order valence-corrected chi connectivity index (χ3v) is 6.16. The Kier molecular flexibility index (Phi) is 5.69. The summed E-state index contributed by atoms with van der Waals surface area (Å²) in [6.45, 7) is 2.93. The highest BCUT2D eigenvalue weighted by Crippen LogP contribution is 2.37. The van der Waals surface area contributed by atoms with Crippen molar-refractivity contribution in [1.82, 2.24) is 10.1 Å². The predicted molar refractivity (Wildman–Crippen MR) is 112 cm³/mol. The fraction of sp³-hybridized carbons (Fsp3) is 0.286. The van der Waals surface area contributed by atoms with Gasteiger partial charge in [0.1, 0.15) is 0 Å². The molecule has 1 atom stereocenters. The van der Waals surface area contributed by atoms with Crippen molar-refractivity contribution in [2.45, 2.75) is 36.3 Å². The Hall–Kier alpha value is -2.31. The van der Waals surface area contributed by atoms with Crippen LogP contribution in [-0.2, 0) is 11.2 Å². The van der Waals surface area contributed by atoms with Crippen molar-refractivity contribution in [3.8, 4) is 11.4 Å². The van der Waals surface area contributed by atoms with Crippen LogP contribution in [0.2, 0.25) is 5.02 Å². The van der Waals surface area contributed by atoms with Crippen LogP contribution in [0.25, 0.3) is 11.4 Å². The summed E-state index contributed by atoms with van der Waals surface area (Å²) in [7, 11) is 0. The lowest BCUT2D eigenvalue weighted by Gasteiger charge is -2.22. The molecule has 0 spiro atoms. The summed E-state index contributed by atoms with van der Waals surface area (Å²) in [6, 6.07) is 15.3. The van der Waals surface area contributed by atoms with Crippen LogP contribution in [0.15, 0.2) is 57.9 Å². The van der Waals surface area contributed by atoms with Gasteiger partial charge in [0.15, 0.2) is 0 Å². The minimum absolute atomic E-state index is 0.0772. The molecule has 0 fully saturated rings. The Balaban J connectivity index is 1.44. The third kappa shape index (κ3) is 4.23. The van der Waals surface area contributed by atoms with E-state index in [0.717, 1.165) is 29.1 Å². The molecule has 1 aliphatic rings. The third-order valence-electron chi connectivity index (χ3n) is 4.67. The fourth-order valence-corrected chi connectivity index (χ4v) is 4.41. The van der Waals surface area contributed by atoms with E-state index >= 15 is 0 Å². The number of halogens is 1. The molecule has 0 aliphatic carbocycles. The number of fused-ring (bicyclic) bond motifs is 1. The van der Waals surface area contributed by atoms with Gasteiger partial charge in [-0.3, -0.25) is 4.79 Å². The highest BCUT2D eigenvalue weighted by atomic mass is 35.5. The second-order valence-corrected chi connectivity index (χ2v) is 8.67. The second-order valence-electron chi connectivity index (χ2n) is 6.75. The van der Waals surface area contributed by atoms with E-state index in [9.17, 15) is 4.79 Å². The van der Waals surface area contributed by atoms with Gasteiger partial charge in [0.05, 0.1) is 5.69 Å². The van der Waals surface area contributed by atoms with Crippen LogP contribution in [0.3, 0.4) is 0 Å². The SMILES string of the molecule is CC1CCN(C(=O)CCc2nc(-c3ccc(Cl)cc3)no2)c2ccccc2S1. The molecule has 0 saturated carbocycles.